The van der Waals surface area contributed by atoms with Crippen LogP contribution in [0.4, 0.5) is 5.13 Å². The Hall–Kier alpha value is -3.57. The highest BCUT2D eigenvalue weighted by Gasteiger charge is 2.25. The van der Waals surface area contributed by atoms with E-state index in [1.165, 1.54) is 22.2 Å². The second kappa shape index (κ2) is 10.6. The fourth-order valence-corrected chi connectivity index (χ4v) is 4.98. The molecule has 0 spiro atoms. The SMILES string of the molecule is CCC(C(=O)Nc1nccs1)n1cnc2sc(C(=O)OCCOc3ccccc3)c(C)c2c1=O. The Labute approximate surface area is 203 Å². The Bertz CT molecular complexity index is 1350. The number of anilines is 1. The molecule has 1 amide bonds. The number of hydrogen-bond acceptors (Lipinski definition) is 9. The molecule has 4 rings (SSSR count). The summed E-state index contributed by atoms with van der Waals surface area (Å²) >= 11 is 2.38. The van der Waals surface area contributed by atoms with Crippen molar-refractivity contribution in [3.8, 4) is 5.75 Å². The van der Waals surface area contributed by atoms with Crippen LogP contribution in [0.3, 0.4) is 0 Å². The van der Waals surface area contributed by atoms with Crippen LogP contribution in [0.25, 0.3) is 10.2 Å². The van der Waals surface area contributed by atoms with Crippen LogP contribution < -0.4 is 15.6 Å². The highest BCUT2D eigenvalue weighted by Crippen LogP contribution is 2.28. The van der Waals surface area contributed by atoms with E-state index in [4.69, 9.17) is 9.47 Å². The second-order valence-electron chi connectivity index (χ2n) is 7.24. The zero-order valence-electron chi connectivity index (χ0n) is 18.5. The van der Waals surface area contributed by atoms with Crippen molar-refractivity contribution in [3.63, 3.8) is 0 Å². The number of aromatic nitrogens is 3. The molecule has 11 heteroatoms. The van der Waals surface area contributed by atoms with E-state index >= 15 is 0 Å². The van der Waals surface area contributed by atoms with Crippen molar-refractivity contribution in [1.29, 1.82) is 0 Å². The number of fused-ring (bicyclic) bond motifs is 1. The van der Waals surface area contributed by atoms with Crippen LogP contribution in [0.1, 0.15) is 34.6 Å². The van der Waals surface area contributed by atoms with Crippen LogP contribution in [0.2, 0.25) is 0 Å². The lowest BCUT2D eigenvalue weighted by Crippen LogP contribution is -2.33. The summed E-state index contributed by atoms with van der Waals surface area (Å²) < 4.78 is 12.2. The Kier molecular flexibility index (Phi) is 7.33. The van der Waals surface area contributed by atoms with Crippen molar-refractivity contribution in [3.05, 3.63) is 69.0 Å². The molecule has 1 unspecified atom stereocenters. The van der Waals surface area contributed by atoms with Gasteiger partial charge in [0, 0.05) is 11.6 Å². The number of nitrogens with one attached hydrogen (secondary N) is 1. The summed E-state index contributed by atoms with van der Waals surface area (Å²) in [6.07, 6.45) is 3.31. The van der Waals surface area contributed by atoms with Crippen LogP contribution in [0.5, 0.6) is 5.75 Å². The molecule has 3 aromatic heterocycles. The van der Waals surface area contributed by atoms with E-state index in [1.807, 2.05) is 37.3 Å². The monoisotopic (exact) mass is 498 g/mol. The third-order valence-electron chi connectivity index (χ3n) is 5.08. The molecule has 4 aromatic rings. The molecular weight excluding hydrogens is 476 g/mol. The summed E-state index contributed by atoms with van der Waals surface area (Å²) in [5.41, 5.74) is 0.0994. The number of hydrogen-bond donors (Lipinski definition) is 1. The van der Waals surface area contributed by atoms with Gasteiger partial charge in [0.15, 0.2) is 5.13 Å². The molecule has 0 radical (unpaired) electrons. The van der Waals surface area contributed by atoms with Crippen molar-refractivity contribution in [2.75, 3.05) is 18.5 Å². The first kappa shape index (κ1) is 23.6. The number of rotatable bonds is 9. The van der Waals surface area contributed by atoms with E-state index < -0.39 is 12.0 Å². The van der Waals surface area contributed by atoms with Gasteiger partial charge < -0.3 is 14.8 Å². The standard InChI is InChI=1S/C23H22N4O5S2/c1-3-16(19(28)26-23-24-9-12-33-23)27-13-25-20-17(21(27)29)14(2)18(34-20)22(30)32-11-10-31-15-7-5-4-6-8-15/h4-9,12-13,16H,3,10-11H2,1-2H3,(H,24,26,28). The number of nitrogens with zero attached hydrogens (tertiary/aromatic N) is 3. The summed E-state index contributed by atoms with van der Waals surface area (Å²) in [6.45, 7) is 3.76. The Morgan fingerprint density at radius 1 is 1.18 bits per heavy atom. The minimum atomic E-state index is -0.766. The maximum absolute atomic E-state index is 13.3. The van der Waals surface area contributed by atoms with Gasteiger partial charge in [0.25, 0.3) is 5.56 Å². The summed E-state index contributed by atoms with van der Waals surface area (Å²) in [5, 5.41) is 5.24. The number of amides is 1. The molecule has 0 bridgehead atoms. The van der Waals surface area contributed by atoms with Gasteiger partial charge in [-0.05, 0) is 31.0 Å². The molecule has 34 heavy (non-hydrogen) atoms. The molecule has 1 aromatic carbocycles. The van der Waals surface area contributed by atoms with Gasteiger partial charge in [-0.1, -0.05) is 25.1 Å². The summed E-state index contributed by atoms with van der Waals surface area (Å²) in [7, 11) is 0. The van der Waals surface area contributed by atoms with Gasteiger partial charge >= 0.3 is 5.97 Å². The van der Waals surface area contributed by atoms with Gasteiger partial charge in [0.2, 0.25) is 5.91 Å². The van der Waals surface area contributed by atoms with Crippen LogP contribution in [0.15, 0.2) is 53.0 Å². The molecule has 0 aliphatic heterocycles. The fourth-order valence-electron chi connectivity index (χ4n) is 3.41. The molecule has 176 valence electrons. The normalized spacial score (nSPS) is 11.8. The second-order valence-corrected chi connectivity index (χ2v) is 9.13. The van der Waals surface area contributed by atoms with E-state index in [1.54, 1.807) is 18.5 Å². The predicted octanol–water partition coefficient (Wildman–Crippen LogP) is 4.05. The van der Waals surface area contributed by atoms with E-state index in [2.05, 4.69) is 15.3 Å². The minimum absolute atomic E-state index is 0.0634. The highest BCUT2D eigenvalue weighted by molar-refractivity contribution is 7.20. The third kappa shape index (κ3) is 5.00. The molecule has 0 saturated carbocycles. The van der Waals surface area contributed by atoms with E-state index in [-0.39, 0.29) is 24.7 Å². The molecule has 3 heterocycles. The smallest absolute Gasteiger partial charge is 0.348 e. The number of carbonyl (C=O) groups excluding carboxylic acids is 2. The zero-order valence-corrected chi connectivity index (χ0v) is 20.1. The van der Waals surface area contributed by atoms with Gasteiger partial charge in [-0.3, -0.25) is 14.2 Å². The van der Waals surface area contributed by atoms with Crippen LogP contribution in [-0.4, -0.2) is 39.6 Å². The molecule has 0 aliphatic carbocycles. The maximum atomic E-state index is 13.3. The van der Waals surface area contributed by atoms with Crippen LogP contribution in [0, 0.1) is 6.92 Å². The average molecular weight is 499 g/mol. The Balaban J connectivity index is 1.50. The van der Waals surface area contributed by atoms with Gasteiger partial charge in [-0.15, -0.1) is 22.7 Å². The largest absolute Gasteiger partial charge is 0.490 e. The number of benzene rings is 1. The van der Waals surface area contributed by atoms with Crippen molar-refractivity contribution < 1.29 is 19.1 Å². The molecular formula is C23H22N4O5S2. The quantitative estimate of drug-likeness (QED) is 0.274. The third-order valence-corrected chi connectivity index (χ3v) is 6.95. The van der Waals surface area contributed by atoms with Crippen molar-refractivity contribution in [2.24, 2.45) is 0 Å². The number of carbonyl (C=O) groups is 2. The van der Waals surface area contributed by atoms with Crippen LogP contribution >= 0.6 is 22.7 Å². The van der Waals surface area contributed by atoms with E-state index in [0.29, 0.717) is 38.0 Å². The topological polar surface area (TPSA) is 112 Å². The number of thiophene rings is 1. The molecule has 0 aliphatic rings. The molecule has 1 atom stereocenters. The van der Waals surface area contributed by atoms with Gasteiger partial charge in [-0.2, -0.15) is 0 Å². The van der Waals surface area contributed by atoms with E-state index in [0.717, 1.165) is 11.3 Å². The lowest BCUT2D eigenvalue weighted by atomic mass is 10.2. The molecule has 0 fully saturated rings. The summed E-state index contributed by atoms with van der Waals surface area (Å²) in [6, 6.07) is 8.46. The molecule has 1 N–H and O–H groups in total. The first-order chi connectivity index (χ1) is 16.5. The first-order valence-corrected chi connectivity index (χ1v) is 12.2. The molecule has 0 saturated heterocycles. The maximum Gasteiger partial charge on any atom is 0.348 e. The number of thiazole rings is 1. The zero-order chi connectivity index (χ0) is 24.1. The van der Waals surface area contributed by atoms with Gasteiger partial charge in [0.05, 0.1) is 11.7 Å². The van der Waals surface area contributed by atoms with Crippen LogP contribution in [-0.2, 0) is 9.53 Å². The van der Waals surface area contributed by atoms with Crippen molar-refractivity contribution in [1.82, 2.24) is 14.5 Å². The highest BCUT2D eigenvalue weighted by atomic mass is 32.1. The van der Waals surface area contributed by atoms with Gasteiger partial charge in [-0.25, -0.2) is 14.8 Å². The average Bonchev–Trinajstić information content (AvgIpc) is 3.47. The Morgan fingerprint density at radius 3 is 2.68 bits per heavy atom. The number of para-hydroxylation sites is 1. The van der Waals surface area contributed by atoms with Crippen molar-refractivity contribution >= 4 is 49.9 Å². The summed E-state index contributed by atoms with van der Waals surface area (Å²) in [5.74, 6) is -0.214. The van der Waals surface area contributed by atoms with Gasteiger partial charge in [0.1, 0.15) is 34.7 Å². The minimum Gasteiger partial charge on any atom is -0.490 e. The summed E-state index contributed by atoms with van der Waals surface area (Å²) in [4.78, 5) is 47.8. The number of esters is 1. The first-order valence-electron chi connectivity index (χ1n) is 10.5. The number of aryl methyl sites for hydroxylation is 1. The lowest BCUT2D eigenvalue weighted by Gasteiger charge is -2.16. The Morgan fingerprint density at radius 2 is 1.97 bits per heavy atom. The van der Waals surface area contributed by atoms with E-state index in [9.17, 15) is 14.4 Å². The molecule has 9 nitrogen and oxygen atoms in total. The fraction of sp³-hybridized carbons (Fsp3) is 0.261. The lowest BCUT2D eigenvalue weighted by molar-refractivity contribution is -0.119. The number of ether oxygens (including phenoxy) is 2. The predicted molar refractivity (Wildman–Crippen MR) is 131 cm³/mol. The van der Waals surface area contributed by atoms with Crippen molar-refractivity contribution in [2.45, 2.75) is 26.3 Å².